The standard InChI is InChI=1S/C32H50O5/c1-19-11-14-28(5)17-18-30(7)21(25(28)32(19,36)26(34)35)9-10-23-29(6)15-13-24(37-20(2)33)27(3,4)22(29)12-16-31(23,30)8/h9,19,22-25,36H,10-18H2,1-8H3,(H,34,35)/t19-,22+,23-,24+,25+,28-,29+,30-,31-,32-/m1/s1. The van der Waals surface area contributed by atoms with Crippen molar-refractivity contribution in [3.8, 4) is 0 Å². The predicted octanol–water partition coefficient (Wildman–Crippen LogP) is 6.78. The number of aliphatic hydroxyl groups is 1. The molecule has 0 aromatic carbocycles. The van der Waals surface area contributed by atoms with Gasteiger partial charge in [0.15, 0.2) is 5.60 Å². The van der Waals surface area contributed by atoms with E-state index < -0.39 is 11.6 Å². The highest BCUT2D eigenvalue weighted by Gasteiger charge is 2.71. The fourth-order valence-electron chi connectivity index (χ4n) is 11.3. The molecule has 5 nitrogen and oxygen atoms in total. The van der Waals surface area contributed by atoms with Crippen LogP contribution >= 0.6 is 0 Å². The molecule has 0 spiro atoms. The number of allylic oxidation sites excluding steroid dienone is 1. The van der Waals surface area contributed by atoms with Crippen LogP contribution in [-0.4, -0.2) is 33.9 Å². The Morgan fingerprint density at radius 3 is 2.22 bits per heavy atom. The van der Waals surface area contributed by atoms with Crippen LogP contribution in [0.5, 0.6) is 0 Å². The maximum atomic E-state index is 12.7. The second-order valence-electron chi connectivity index (χ2n) is 15.4. The normalized spacial score (nSPS) is 52.5. The molecule has 4 saturated carbocycles. The van der Waals surface area contributed by atoms with Gasteiger partial charge in [0.1, 0.15) is 6.10 Å². The average Bonchev–Trinajstić information content (AvgIpc) is 2.79. The molecule has 0 bridgehead atoms. The van der Waals surface area contributed by atoms with Crippen molar-refractivity contribution in [3.05, 3.63) is 11.6 Å². The van der Waals surface area contributed by atoms with Crippen LogP contribution in [0.25, 0.3) is 0 Å². The van der Waals surface area contributed by atoms with Gasteiger partial charge in [-0.3, -0.25) is 4.79 Å². The SMILES string of the molecule is CC(=O)O[C@H]1CC[C@]2(C)[C@H]3CC=C4[C@H]5[C@](C)(CC[C@@H](C)[C@]5(O)C(=O)O)CC[C@@]4(C)[C@]3(C)CC[C@H]2C1(C)C. The lowest BCUT2D eigenvalue weighted by Gasteiger charge is -2.72. The molecule has 5 rings (SSSR count). The van der Waals surface area contributed by atoms with Crippen LogP contribution in [0.3, 0.4) is 0 Å². The first-order valence-corrected chi connectivity index (χ1v) is 14.8. The highest BCUT2D eigenvalue weighted by atomic mass is 16.5. The van der Waals surface area contributed by atoms with Crippen molar-refractivity contribution in [3.63, 3.8) is 0 Å². The van der Waals surface area contributed by atoms with Crippen LogP contribution in [0.4, 0.5) is 0 Å². The zero-order valence-corrected chi connectivity index (χ0v) is 24.4. The van der Waals surface area contributed by atoms with Crippen molar-refractivity contribution in [2.75, 3.05) is 0 Å². The molecule has 0 aromatic rings. The van der Waals surface area contributed by atoms with Gasteiger partial charge < -0.3 is 14.9 Å². The molecular weight excluding hydrogens is 464 g/mol. The number of esters is 1. The predicted molar refractivity (Wildman–Crippen MR) is 144 cm³/mol. The van der Waals surface area contributed by atoms with E-state index in [2.05, 4.69) is 47.6 Å². The van der Waals surface area contributed by atoms with Gasteiger partial charge in [-0.2, -0.15) is 0 Å². The van der Waals surface area contributed by atoms with Crippen molar-refractivity contribution in [2.45, 2.75) is 125 Å². The van der Waals surface area contributed by atoms with Crippen LogP contribution in [-0.2, 0) is 14.3 Å². The molecule has 0 aromatic heterocycles. The van der Waals surface area contributed by atoms with Gasteiger partial charge in [-0.1, -0.05) is 60.1 Å². The third-order valence-corrected chi connectivity index (χ3v) is 13.7. The van der Waals surface area contributed by atoms with Gasteiger partial charge in [-0.25, -0.2) is 4.79 Å². The summed E-state index contributed by atoms with van der Waals surface area (Å²) in [5.74, 6) is -0.878. The number of carbonyl (C=O) groups is 2. The largest absolute Gasteiger partial charge is 0.479 e. The van der Waals surface area contributed by atoms with Gasteiger partial charge in [0.2, 0.25) is 0 Å². The summed E-state index contributed by atoms with van der Waals surface area (Å²) in [7, 11) is 0. The highest BCUT2D eigenvalue weighted by Crippen LogP contribution is 2.76. The maximum absolute atomic E-state index is 12.7. The molecule has 0 amide bonds. The summed E-state index contributed by atoms with van der Waals surface area (Å²) in [6.07, 6.45) is 11.2. The highest BCUT2D eigenvalue weighted by molar-refractivity contribution is 5.79. The van der Waals surface area contributed by atoms with Crippen molar-refractivity contribution in [1.29, 1.82) is 0 Å². The summed E-state index contributed by atoms with van der Waals surface area (Å²) in [6, 6.07) is 0. The fourth-order valence-corrected chi connectivity index (χ4v) is 11.3. The minimum atomic E-state index is -1.71. The van der Waals surface area contributed by atoms with E-state index in [-0.39, 0.29) is 51.0 Å². The van der Waals surface area contributed by atoms with Crippen LogP contribution in [0.15, 0.2) is 11.6 Å². The molecule has 208 valence electrons. The lowest BCUT2D eigenvalue weighted by atomic mass is 9.33. The molecule has 0 aliphatic heterocycles. The molecular formula is C32H50O5. The third-order valence-electron chi connectivity index (χ3n) is 13.7. The lowest BCUT2D eigenvalue weighted by Crippen LogP contribution is -2.68. The van der Waals surface area contributed by atoms with E-state index in [1.165, 1.54) is 12.5 Å². The molecule has 37 heavy (non-hydrogen) atoms. The van der Waals surface area contributed by atoms with Gasteiger partial charge in [0.05, 0.1) is 0 Å². The summed E-state index contributed by atoms with van der Waals surface area (Å²) >= 11 is 0. The maximum Gasteiger partial charge on any atom is 0.336 e. The molecule has 5 heteroatoms. The number of fused-ring (bicyclic) bond motifs is 7. The Hall–Kier alpha value is -1.36. The molecule has 0 saturated heterocycles. The first-order chi connectivity index (χ1) is 17.0. The lowest BCUT2D eigenvalue weighted by molar-refractivity contribution is -0.222. The Kier molecular flexibility index (Phi) is 5.95. The van der Waals surface area contributed by atoms with Crippen molar-refractivity contribution < 1.29 is 24.5 Å². The van der Waals surface area contributed by atoms with Gasteiger partial charge in [0.25, 0.3) is 0 Å². The number of carboxylic acid groups (broad SMARTS) is 1. The number of rotatable bonds is 2. The number of aliphatic carboxylic acids is 1. The van der Waals surface area contributed by atoms with E-state index in [1.54, 1.807) is 0 Å². The summed E-state index contributed by atoms with van der Waals surface area (Å²) in [4.78, 5) is 24.6. The van der Waals surface area contributed by atoms with E-state index in [0.29, 0.717) is 11.8 Å². The molecule has 0 radical (unpaired) electrons. The summed E-state index contributed by atoms with van der Waals surface area (Å²) in [6.45, 7) is 17.7. The number of ether oxygens (including phenoxy) is 1. The first-order valence-electron chi connectivity index (χ1n) is 14.8. The van der Waals surface area contributed by atoms with E-state index in [9.17, 15) is 19.8 Å². The molecule has 5 aliphatic carbocycles. The zero-order chi connectivity index (χ0) is 27.4. The molecule has 0 heterocycles. The van der Waals surface area contributed by atoms with Crippen LogP contribution in [0.1, 0.15) is 113 Å². The number of hydrogen-bond donors (Lipinski definition) is 2. The minimum absolute atomic E-state index is 0.0358. The smallest absolute Gasteiger partial charge is 0.336 e. The van der Waals surface area contributed by atoms with E-state index in [1.807, 2.05) is 6.92 Å². The van der Waals surface area contributed by atoms with E-state index in [4.69, 9.17) is 4.74 Å². The summed E-state index contributed by atoms with van der Waals surface area (Å²) in [5, 5.41) is 22.4. The molecule has 10 atom stereocenters. The minimum Gasteiger partial charge on any atom is -0.479 e. The number of carbonyl (C=O) groups excluding carboxylic acids is 1. The van der Waals surface area contributed by atoms with Crippen molar-refractivity contribution in [1.82, 2.24) is 0 Å². The van der Waals surface area contributed by atoms with E-state index in [0.717, 1.165) is 57.8 Å². The van der Waals surface area contributed by atoms with Gasteiger partial charge >= 0.3 is 11.9 Å². The fraction of sp³-hybridized carbons (Fsp3) is 0.875. The number of hydrogen-bond acceptors (Lipinski definition) is 4. The van der Waals surface area contributed by atoms with Gasteiger partial charge in [-0.05, 0) is 97.2 Å². The first kappa shape index (κ1) is 27.2. The van der Waals surface area contributed by atoms with Crippen molar-refractivity contribution >= 4 is 11.9 Å². The van der Waals surface area contributed by atoms with Crippen LogP contribution in [0, 0.1) is 50.7 Å². The van der Waals surface area contributed by atoms with Gasteiger partial charge in [-0.15, -0.1) is 0 Å². The Morgan fingerprint density at radius 2 is 1.59 bits per heavy atom. The molecule has 0 unspecified atom stereocenters. The zero-order valence-electron chi connectivity index (χ0n) is 24.4. The summed E-state index contributed by atoms with van der Waals surface area (Å²) < 4.78 is 5.86. The molecule has 2 N–H and O–H groups in total. The average molecular weight is 515 g/mol. The van der Waals surface area contributed by atoms with Crippen LogP contribution < -0.4 is 0 Å². The van der Waals surface area contributed by atoms with Gasteiger partial charge in [0, 0.05) is 18.3 Å². The topological polar surface area (TPSA) is 83.8 Å². The monoisotopic (exact) mass is 514 g/mol. The Labute approximate surface area is 223 Å². The number of carboxylic acids is 1. The Balaban J connectivity index is 1.59. The van der Waals surface area contributed by atoms with Crippen LogP contribution in [0.2, 0.25) is 0 Å². The molecule has 5 aliphatic rings. The molecule has 4 fully saturated rings. The Morgan fingerprint density at radius 1 is 0.919 bits per heavy atom. The quantitative estimate of drug-likeness (QED) is 0.314. The Bertz CT molecular complexity index is 1030. The second kappa shape index (κ2) is 8.08. The van der Waals surface area contributed by atoms with Crippen molar-refractivity contribution in [2.24, 2.45) is 50.7 Å². The summed E-state index contributed by atoms with van der Waals surface area (Å²) in [5.41, 5.74) is -0.708. The second-order valence-corrected chi connectivity index (χ2v) is 15.4. The van der Waals surface area contributed by atoms with E-state index >= 15 is 0 Å². The third kappa shape index (κ3) is 3.31.